The molecule has 3 N–H and O–H groups in total. The molecule has 2 amide bonds. The van der Waals surface area contributed by atoms with E-state index in [1.165, 1.54) is 0 Å². The van der Waals surface area contributed by atoms with Gasteiger partial charge in [0.1, 0.15) is 18.7 Å². The van der Waals surface area contributed by atoms with E-state index in [-0.39, 0.29) is 26.1 Å². The van der Waals surface area contributed by atoms with Crippen LogP contribution in [0.1, 0.15) is 24.8 Å². The number of amides is 2. The maximum atomic E-state index is 12.8. The molecule has 1 aromatic rings. The van der Waals surface area contributed by atoms with Crippen LogP contribution in [0.2, 0.25) is 0 Å². The largest absolute Gasteiger partial charge is 0.491 e. The van der Waals surface area contributed by atoms with Gasteiger partial charge in [-0.1, -0.05) is 30.3 Å². The van der Waals surface area contributed by atoms with Crippen LogP contribution in [0.15, 0.2) is 30.3 Å². The number of nitrogens with one attached hydrogen (secondary N) is 1. The Kier molecular flexibility index (Phi) is 8.37. The van der Waals surface area contributed by atoms with Crippen LogP contribution >= 0.6 is 0 Å². The van der Waals surface area contributed by atoms with E-state index in [1.807, 2.05) is 0 Å². The van der Waals surface area contributed by atoms with E-state index < -0.39 is 42.2 Å². The molecule has 1 unspecified atom stereocenters. The minimum Gasteiger partial charge on any atom is -0.445 e. The van der Waals surface area contributed by atoms with Crippen molar-refractivity contribution < 1.29 is 41.8 Å². The third-order valence-corrected chi connectivity index (χ3v) is 4.52. The number of carbonyl (C=O) groups is 4. The topological polar surface area (TPSA) is 128 Å². The molecule has 0 aromatic heterocycles. The zero-order valence-corrected chi connectivity index (χ0v) is 16.4. The maximum absolute atomic E-state index is 12.8. The van der Waals surface area contributed by atoms with Crippen molar-refractivity contribution >= 4 is 23.9 Å². The van der Waals surface area contributed by atoms with Crippen LogP contribution in [0.25, 0.3) is 0 Å². The van der Waals surface area contributed by atoms with Crippen LogP contribution in [0.5, 0.6) is 0 Å². The number of carbonyl (C=O) groups excluding carboxylic acids is 4. The number of esters is 2. The van der Waals surface area contributed by atoms with E-state index in [4.69, 9.17) is 10.5 Å². The normalized spacial score (nSPS) is 17.4. The summed E-state index contributed by atoms with van der Waals surface area (Å²) < 4.78 is 46.0. The van der Waals surface area contributed by atoms with Gasteiger partial charge >= 0.3 is 24.2 Å². The molecule has 0 bridgehead atoms. The molecule has 1 saturated heterocycles. The minimum absolute atomic E-state index is 0.00541. The van der Waals surface area contributed by atoms with Crippen LogP contribution in [0.3, 0.4) is 0 Å². The highest BCUT2D eigenvalue weighted by molar-refractivity contribution is 5.94. The molecular formula is C19H22F3N3O6. The van der Waals surface area contributed by atoms with Gasteiger partial charge < -0.3 is 25.4 Å². The van der Waals surface area contributed by atoms with Crippen molar-refractivity contribution in [2.75, 3.05) is 13.1 Å². The van der Waals surface area contributed by atoms with Crippen molar-refractivity contribution in [3.63, 3.8) is 0 Å². The average molecular weight is 445 g/mol. The Morgan fingerprint density at radius 2 is 1.84 bits per heavy atom. The fraction of sp³-hybridized carbons (Fsp3) is 0.474. The third-order valence-electron chi connectivity index (χ3n) is 4.52. The van der Waals surface area contributed by atoms with Gasteiger partial charge in [0.15, 0.2) is 0 Å². The molecule has 0 saturated carbocycles. The van der Waals surface area contributed by atoms with Crippen molar-refractivity contribution in [1.82, 2.24) is 10.2 Å². The number of nitrogens with zero attached hydrogens (tertiary/aromatic N) is 1. The van der Waals surface area contributed by atoms with E-state index in [0.717, 1.165) is 4.90 Å². The number of hydrogen-bond acceptors (Lipinski definition) is 7. The fourth-order valence-electron chi connectivity index (χ4n) is 2.99. The molecule has 12 heteroatoms. The van der Waals surface area contributed by atoms with Crippen molar-refractivity contribution in [1.29, 1.82) is 0 Å². The summed E-state index contributed by atoms with van der Waals surface area (Å²) in [5.41, 5.74) is 6.27. The summed E-state index contributed by atoms with van der Waals surface area (Å²) in [6, 6.07) is 6.06. The Morgan fingerprint density at radius 1 is 1.16 bits per heavy atom. The lowest BCUT2D eigenvalue weighted by Gasteiger charge is -2.35. The number of alkyl carbamates (subject to hydrolysis) is 1. The summed E-state index contributed by atoms with van der Waals surface area (Å²) in [6.45, 7) is -0.383. The van der Waals surface area contributed by atoms with Gasteiger partial charge in [-0.2, -0.15) is 13.2 Å². The van der Waals surface area contributed by atoms with Gasteiger partial charge in [0, 0.05) is 13.1 Å². The molecule has 1 aromatic carbocycles. The Hall–Kier alpha value is -3.15. The number of benzene rings is 1. The van der Waals surface area contributed by atoms with Gasteiger partial charge in [-0.15, -0.1) is 0 Å². The fourth-order valence-corrected chi connectivity index (χ4v) is 2.99. The summed E-state index contributed by atoms with van der Waals surface area (Å²) in [5, 5.41) is 2.28. The summed E-state index contributed by atoms with van der Waals surface area (Å²) in [6.07, 6.45) is -5.37. The lowest BCUT2D eigenvalue weighted by atomic mass is 10.0. The second-order valence-electron chi connectivity index (χ2n) is 6.74. The second kappa shape index (κ2) is 10.8. The zero-order valence-electron chi connectivity index (χ0n) is 16.4. The van der Waals surface area contributed by atoms with E-state index in [9.17, 15) is 32.3 Å². The molecule has 31 heavy (non-hydrogen) atoms. The first-order valence-corrected chi connectivity index (χ1v) is 9.44. The van der Waals surface area contributed by atoms with Gasteiger partial charge in [-0.05, 0) is 24.8 Å². The van der Waals surface area contributed by atoms with E-state index in [0.29, 0.717) is 18.4 Å². The molecule has 2 atom stereocenters. The van der Waals surface area contributed by atoms with Crippen LogP contribution in [0, 0.1) is 0 Å². The summed E-state index contributed by atoms with van der Waals surface area (Å²) in [7, 11) is 0. The Labute approximate surface area is 175 Å². The predicted octanol–water partition coefficient (Wildman–Crippen LogP) is 1.25. The van der Waals surface area contributed by atoms with E-state index in [2.05, 4.69) is 10.1 Å². The molecule has 0 spiro atoms. The number of halogens is 3. The maximum Gasteiger partial charge on any atom is 0.491 e. The second-order valence-corrected chi connectivity index (χ2v) is 6.74. The van der Waals surface area contributed by atoms with Gasteiger partial charge in [-0.3, -0.25) is 4.79 Å². The smallest absolute Gasteiger partial charge is 0.445 e. The van der Waals surface area contributed by atoms with Crippen LogP contribution in [-0.2, 0) is 30.5 Å². The molecule has 9 nitrogen and oxygen atoms in total. The highest BCUT2D eigenvalue weighted by Gasteiger charge is 2.45. The number of ether oxygens (including phenoxy) is 2. The number of rotatable bonds is 6. The van der Waals surface area contributed by atoms with Crippen LogP contribution in [-0.4, -0.2) is 60.2 Å². The number of hydrogen-bond donors (Lipinski definition) is 2. The minimum atomic E-state index is -5.34. The molecule has 1 aliphatic heterocycles. The number of piperidine rings is 1. The number of alkyl halides is 3. The summed E-state index contributed by atoms with van der Waals surface area (Å²) in [5.74, 6) is -4.94. The quantitative estimate of drug-likeness (QED) is 0.498. The third kappa shape index (κ3) is 6.95. The Balaban J connectivity index is 1.99. The van der Waals surface area contributed by atoms with Gasteiger partial charge in [-0.25, -0.2) is 14.4 Å². The lowest BCUT2D eigenvalue weighted by Crippen LogP contribution is -2.58. The Morgan fingerprint density at radius 3 is 2.45 bits per heavy atom. The highest BCUT2D eigenvalue weighted by Crippen LogP contribution is 2.22. The first kappa shape index (κ1) is 24.1. The molecule has 2 rings (SSSR count). The van der Waals surface area contributed by atoms with Gasteiger partial charge in [0.25, 0.3) is 0 Å². The molecule has 1 aliphatic rings. The Bertz CT molecular complexity index is 803. The monoisotopic (exact) mass is 445 g/mol. The first-order chi connectivity index (χ1) is 14.6. The molecule has 0 radical (unpaired) electrons. The predicted molar refractivity (Wildman–Crippen MR) is 99.1 cm³/mol. The van der Waals surface area contributed by atoms with Crippen LogP contribution in [0.4, 0.5) is 18.0 Å². The molecular weight excluding hydrogens is 423 g/mol. The van der Waals surface area contributed by atoms with Gasteiger partial charge in [0.2, 0.25) is 5.91 Å². The molecule has 0 aliphatic carbocycles. The van der Waals surface area contributed by atoms with Crippen molar-refractivity contribution in [2.45, 2.75) is 44.1 Å². The average Bonchev–Trinajstić information content (AvgIpc) is 2.75. The number of nitrogens with two attached hydrogens (primary N) is 1. The lowest BCUT2D eigenvalue weighted by molar-refractivity contribution is -0.204. The van der Waals surface area contributed by atoms with Gasteiger partial charge in [0.05, 0.1) is 0 Å². The summed E-state index contributed by atoms with van der Waals surface area (Å²) >= 11 is 0. The zero-order chi connectivity index (χ0) is 23.0. The number of likely N-dealkylation sites (tertiary alicyclic amines) is 1. The molecule has 1 heterocycles. The standard InChI is InChI=1S/C19H22F3N3O6/c20-19(21,22)17(28)31-16(27)14-8-4-5-9-25(14)15(26)13(10-23)24-18(29)30-11-12-6-2-1-3-7-12/h1-3,6-7,13-14H,4-5,8-11,23H2,(H,24,29)/t13-,14?/m0/s1. The van der Waals surface area contributed by atoms with Crippen molar-refractivity contribution in [3.05, 3.63) is 35.9 Å². The van der Waals surface area contributed by atoms with E-state index >= 15 is 0 Å². The van der Waals surface area contributed by atoms with Crippen molar-refractivity contribution in [2.24, 2.45) is 5.73 Å². The summed E-state index contributed by atoms with van der Waals surface area (Å²) in [4.78, 5) is 48.8. The molecule has 1 fully saturated rings. The molecule has 170 valence electrons. The SMILES string of the molecule is NC[C@H](NC(=O)OCc1ccccc1)C(=O)N1CCCCC1C(=O)OC(=O)C(F)(F)F. The highest BCUT2D eigenvalue weighted by atomic mass is 19.4. The van der Waals surface area contributed by atoms with E-state index in [1.54, 1.807) is 30.3 Å². The first-order valence-electron chi connectivity index (χ1n) is 9.44. The van der Waals surface area contributed by atoms with Crippen LogP contribution < -0.4 is 11.1 Å². The van der Waals surface area contributed by atoms with Crippen molar-refractivity contribution in [3.8, 4) is 0 Å².